The van der Waals surface area contributed by atoms with Crippen molar-refractivity contribution in [2.45, 2.75) is 17.4 Å². The summed E-state index contributed by atoms with van der Waals surface area (Å²) in [6, 6.07) is 3.49. The minimum Gasteiger partial charge on any atom is -0.355 e. The third-order valence-corrected chi connectivity index (χ3v) is 4.85. The van der Waals surface area contributed by atoms with Gasteiger partial charge in [0.15, 0.2) is 0 Å². The zero-order valence-corrected chi connectivity index (χ0v) is 11.4. The molecule has 1 aliphatic heterocycles. The standard InChI is InChI=1S/C11H18N4O2S/c1-14(2)18(16,17)10-3-4-11(13-7-10)15-6-5-9(12)8-15/h3-4,7,9H,5-6,8,12H2,1-2H3. The SMILES string of the molecule is CN(C)S(=O)(=O)c1ccc(N2CCC(N)C2)nc1. The molecule has 18 heavy (non-hydrogen) atoms. The number of aromatic nitrogens is 1. The quantitative estimate of drug-likeness (QED) is 0.827. The summed E-state index contributed by atoms with van der Waals surface area (Å²) >= 11 is 0. The molecule has 1 fully saturated rings. The molecule has 6 nitrogen and oxygen atoms in total. The molecular formula is C11H18N4O2S. The summed E-state index contributed by atoms with van der Waals surface area (Å²) in [5.41, 5.74) is 5.83. The van der Waals surface area contributed by atoms with Gasteiger partial charge >= 0.3 is 0 Å². The fourth-order valence-corrected chi connectivity index (χ4v) is 2.77. The number of sulfonamides is 1. The molecule has 0 spiro atoms. The van der Waals surface area contributed by atoms with Crippen molar-refractivity contribution in [1.29, 1.82) is 0 Å². The van der Waals surface area contributed by atoms with E-state index in [-0.39, 0.29) is 10.9 Å². The van der Waals surface area contributed by atoms with Crippen molar-refractivity contribution in [1.82, 2.24) is 9.29 Å². The number of nitrogens with zero attached hydrogens (tertiary/aromatic N) is 3. The van der Waals surface area contributed by atoms with E-state index in [0.717, 1.165) is 25.3 Å². The van der Waals surface area contributed by atoms with Gasteiger partial charge in [0.2, 0.25) is 10.0 Å². The van der Waals surface area contributed by atoms with Crippen molar-refractivity contribution >= 4 is 15.8 Å². The topological polar surface area (TPSA) is 79.5 Å². The van der Waals surface area contributed by atoms with Gasteiger partial charge in [-0.15, -0.1) is 0 Å². The Labute approximate surface area is 107 Å². The molecule has 1 aromatic heterocycles. The Morgan fingerprint density at radius 1 is 1.44 bits per heavy atom. The fraction of sp³-hybridized carbons (Fsp3) is 0.545. The molecule has 0 saturated carbocycles. The highest BCUT2D eigenvalue weighted by molar-refractivity contribution is 7.89. The number of hydrogen-bond donors (Lipinski definition) is 1. The van der Waals surface area contributed by atoms with Crippen LogP contribution in [0.25, 0.3) is 0 Å². The summed E-state index contributed by atoms with van der Waals surface area (Å²) in [7, 11) is -0.395. The average molecular weight is 270 g/mol. The van der Waals surface area contributed by atoms with Gasteiger partial charge in [0.1, 0.15) is 10.7 Å². The first kappa shape index (κ1) is 13.3. The zero-order valence-electron chi connectivity index (χ0n) is 10.6. The Morgan fingerprint density at radius 2 is 2.17 bits per heavy atom. The summed E-state index contributed by atoms with van der Waals surface area (Å²) in [5.74, 6) is 0.778. The van der Waals surface area contributed by atoms with Crippen LogP contribution in [0.15, 0.2) is 23.2 Å². The zero-order chi connectivity index (χ0) is 13.3. The Morgan fingerprint density at radius 3 is 2.61 bits per heavy atom. The normalized spacial score (nSPS) is 20.7. The summed E-state index contributed by atoms with van der Waals surface area (Å²) in [6.45, 7) is 1.64. The summed E-state index contributed by atoms with van der Waals surface area (Å²) in [5, 5.41) is 0. The lowest BCUT2D eigenvalue weighted by molar-refractivity contribution is 0.520. The molecule has 2 heterocycles. The number of anilines is 1. The lowest BCUT2D eigenvalue weighted by Gasteiger charge is -2.17. The van der Waals surface area contributed by atoms with Crippen LogP contribution in [0.1, 0.15) is 6.42 Å². The first-order chi connectivity index (χ1) is 8.41. The molecule has 1 aliphatic rings. The highest BCUT2D eigenvalue weighted by Crippen LogP contribution is 2.19. The molecule has 0 amide bonds. The summed E-state index contributed by atoms with van der Waals surface area (Å²) < 4.78 is 24.9. The van der Waals surface area contributed by atoms with Crippen molar-refractivity contribution < 1.29 is 8.42 Å². The van der Waals surface area contributed by atoms with E-state index in [9.17, 15) is 8.42 Å². The molecule has 1 atom stereocenters. The number of hydrogen-bond acceptors (Lipinski definition) is 5. The monoisotopic (exact) mass is 270 g/mol. The van der Waals surface area contributed by atoms with Gasteiger partial charge in [-0.05, 0) is 18.6 Å². The van der Waals surface area contributed by atoms with Gasteiger partial charge in [-0.25, -0.2) is 17.7 Å². The minimum absolute atomic E-state index is 0.178. The third-order valence-electron chi connectivity index (χ3n) is 3.05. The maximum atomic E-state index is 11.9. The van der Waals surface area contributed by atoms with Crippen LogP contribution in [0.3, 0.4) is 0 Å². The first-order valence-electron chi connectivity index (χ1n) is 5.80. The molecule has 2 N–H and O–H groups in total. The van der Waals surface area contributed by atoms with Crippen molar-refractivity contribution in [3.63, 3.8) is 0 Å². The highest BCUT2D eigenvalue weighted by atomic mass is 32.2. The van der Waals surface area contributed by atoms with Crippen LogP contribution in [0.4, 0.5) is 5.82 Å². The second-order valence-electron chi connectivity index (χ2n) is 4.63. The van der Waals surface area contributed by atoms with Crippen molar-refractivity contribution in [3.8, 4) is 0 Å². The van der Waals surface area contributed by atoms with Crippen LogP contribution < -0.4 is 10.6 Å². The Bertz CT molecular complexity index is 512. The van der Waals surface area contributed by atoms with E-state index in [1.165, 1.54) is 24.6 Å². The molecule has 0 radical (unpaired) electrons. The molecule has 1 unspecified atom stereocenters. The molecule has 0 aliphatic carbocycles. The lowest BCUT2D eigenvalue weighted by Crippen LogP contribution is -2.27. The van der Waals surface area contributed by atoms with E-state index in [1.807, 2.05) is 0 Å². The van der Waals surface area contributed by atoms with Crippen LogP contribution in [-0.2, 0) is 10.0 Å². The largest absolute Gasteiger partial charge is 0.355 e. The molecule has 2 rings (SSSR count). The predicted octanol–water partition coefficient (Wildman–Crippen LogP) is -0.131. The summed E-state index contributed by atoms with van der Waals surface area (Å²) in [6.07, 6.45) is 2.34. The third kappa shape index (κ3) is 2.47. The van der Waals surface area contributed by atoms with Crippen molar-refractivity contribution in [2.24, 2.45) is 5.73 Å². The van der Waals surface area contributed by atoms with E-state index >= 15 is 0 Å². The molecule has 0 aromatic carbocycles. The second-order valence-corrected chi connectivity index (χ2v) is 6.79. The maximum Gasteiger partial charge on any atom is 0.244 e. The molecular weight excluding hydrogens is 252 g/mol. The van der Waals surface area contributed by atoms with Crippen LogP contribution in [0.5, 0.6) is 0 Å². The van der Waals surface area contributed by atoms with Crippen molar-refractivity contribution in [3.05, 3.63) is 18.3 Å². The van der Waals surface area contributed by atoms with Crippen LogP contribution >= 0.6 is 0 Å². The smallest absolute Gasteiger partial charge is 0.244 e. The van der Waals surface area contributed by atoms with Crippen LogP contribution in [-0.4, -0.2) is 50.9 Å². The minimum atomic E-state index is -3.40. The average Bonchev–Trinajstić information content (AvgIpc) is 2.76. The summed E-state index contributed by atoms with van der Waals surface area (Å²) in [4.78, 5) is 6.48. The van der Waals surface area contributed by atoms with Crippen molar-refractivity contribution in [2.75, 3.05) is 32.1 Å². The second kappa shape index (κ2) is 4.83. The Balaban J connectivity index is 2.21. The Kier molecular flexibility index (Phi) is 3.56. The molecule has 7 heteroatoms. The van der Waals surface area contributed by atoms with E-state index in [1.54, 1.807) is 12.1 Å². The van der Waals surface area contributed by atoms with Gasteiger partial charge in [0.25, 0.3) is 0 Å². The van der Waals surface area contributed by atoms with E-state index in [2.05, 4.69) is 9.88 Å². The number of rotatable bonds is 3. The van der Waals surface area contributed by atoms with Gasteiger partial charge < -0.3 is 10.6 Å². The fourth-order valence-electron chi connectivity index (χ4n) is 1.92. The van der Waals surface area contributed by atoms with E-state index in [4.69, 9.17) is 5.73 Å². The van der Waals surface area contributed by atoms with Gasteiger partial charge in [-0.3, -0.25) is 0 Å². The maximum absolute atomic E-state index is 11.9. The van der Waals surface area contributed by atoms with E-state index < -0.39 is 10.0 Å². The Hall–Kier alpha value is -1.18. The lowest BCUT2D eigenvalue weighted by atomic mass is 10.3. The van der Waals surface area contributed by atoms with Crippen LogP contribution in [0.2, 0.25) is 0 Å². The molecule has 100 valence electrons. The molecule has 1 aromatic rings. The van der Waals surface area contributed by atoms with Gasteiger partial charge in [0.05, 0.1) is 0 Å². The number of pyridine rings is 1. The van der Waals surface area contributed by atoms with E-state index in [0.29, 0.717) is 0 Å². The van der Waals surface area contributed by atoms with Gasteiger partial charge in [-0.2, -0.15) is 0 Å². The van der Waals surface area contributed by atoms with Gasteiger partial charge in [-0.1, -0.05) is 0 Å². The first-order valence-corrected chi connectivity index (χ1v) is 7.24. The predicted molar refractivity (Wildman–Crippen MR) is 69.9 cm³/mol. The van der Waals surface area contributed by atoms with Gasteiger partial charge in [0, 0.05) is 39.4 Å². The molecule has 1 saturated heterocycles. The van der Waals surface area contributed by atoms with Crippen LogP contribution in [0, 0.1) is 0 Å². The highest BCUT2D eigenvalue weighted by Gasteiger charge is 2.22. The number of nitrogens with two attached hydrogens (primary N) is 1. The molecule has 0 bridgehead atoms.